The first-order chi connectivity index (χ1) is 13.2. The Morgan fingerprint density at radius 2 is 1.43 bits per heavy atom. The third-order valence-corrected chi connectivity index (χ3v) is 4.22. The molecule has 146 valence electrons. The molecule has 2 heterocycles. The van der Waals surface area contributed by atoms with Crippen LogP contribution in [0.3, 0.4) is 0 Å². The lowest BCUT2D eigenvalue weighted by atomic mass is 9.86. The molecule has 3 aromatic rings. The van der Waals surface area contributed by atoms with Gasteiger partial charge in [0.1, 0.15) is 11.6 Å². The Morgan fingerprint density at radius 1 is 0.929 bits per heavy atom. The second-order valence-corrected chi connectivity index (χ2v) is 6.14. The van der Waals surface area contributed by atoms with Crippen LogP contribution < -0.4 is 15.9 Å². The Kier molecular flexibility index (Phi) is 4.78. The first-order valence-corrected chi connectivity index (χ1v) is 8.19. The molecular weight excluding hydrogens is 368 g/mol. The standard InChI is InChI=1S/C18H18N4O6/c1-7-19-15(24)13(16(25)20-7)12(9-4-5-10(23)11(6-9)28-3)14-17(26)21-8(2)22-18(14)27/h4-6,12,23H,1-3H3,(H2,19,20,24,25)(H2,21,22,26,27). The van der Waals surface area contributed by atoms with Crippen LogP contribution >= 0.6 is 0 Å². The third-order valence-electron chi connectivity index (χ3n) is 4.22. The van der Waals surface area contributed by atoms with Gasteiger partial charge in [-0.3, -0.25) is 9.59 Å². The van der Waals surface area contributed by atoms with E-state index in [9.17, 15) is 24.9 Å². The van der Waals surface area contributed by atoms with Crippen LogP contribution in [0.4, 0.5) is 0 Å². The minimum Gasteiger partial charge on any atom is -0.504 e. The average Bonchev–Trinajstić information content (AvgIpc) is 2.59. The van der Waals surface area contributed by atoms with Gasteiger partial charge in [0.15, 0.2) is 11.5 Å². The number of aryl methyl sites for hydroxylation is 2. The fraction of sp³-hybridized carbons (Fsp3) is 0.222. The van der Waals surface area contributed by atoms with E-state index in [1.54, 1.807) is 0 Å². The molecule has 0 aliphatic rings. The summed E-state index contributed by atoms with van der Waals surface area (Å²) in [7, 11) is 1.34. The number of hydrogen-bond donors (Lipinski definition) is 5. The molecule has 10 heteroatoms. The van der Waals surface area contributed by atoms with Gasteiger partial charge in [0, 0.05) is 0 Å². The summed E-state index contributed by atoms with van der Waals surface area (Å²) in [5.41, 5.74) is -1.62. The Balaban J connectivity index is 2.40. The molecule has 0 saturated heterocycles. The first-order valence-electron chi connectivity index (χ1n) is 8.19. The van der Waals surface area contributed by atoms with Gasteiger partial charge in [0.2, 0.25) is 11.8 Å². The Labute approximate surface area is 158 Å². The molecule has 28 heavy (non-hydrogen) atoms. The number of phenolic OH excluding ortho intramolecular Hbond substituents is 1. The highest BCUT2D eigenvalue weighted by molar-refractivity contribution is 5.52. The monoisotopic (exact) mass is 386 g/mol. The van der Waals surface area contributed by atoms with Crippen LogP contribution in [0.15, 0.2) is 27.8 Å². The van der Waals surface area contributed by atoms with E-state index in [1.807, 2.05) is 0 Å². The summed E-state index contributed by atoms with van der Waals surface area (Å²) in [6.45, 7) is 2.97. The topological polar surface area (TPSA) is 161 Å². The van der Waals surface area contributed by atoms with E-state index in [4.69, 9.17) is 4.74 Å². The Morgan fingerprint density at radius 3 is 1.86 bits per heavy atom. The molecule has 0 amide bonds. The van der Waals surface area contributed by atoms with Gasteiger partial charge < -0.3 is 30.0 Å². The van der Waals surface area contributed by atoms with Crippen molar-refractivity contribution < 1.29 is 20.1 Å². The summed E-state index contributed by atoms with van der Waals surface area (Å²) in [5.74, 6) is -2.17. The minimum absolute atomic E-state index is 0.0782. The van der Waals surface area contributed by atoms with Crippen molar-refractivity contribution in [3.8, 4) is 23.3 Å². The van der Waals surface area contributed by atoms with E-state index >= 15 is 0 Å². The van der Waals surface area contributed by atoms with E-state index < -0.39 is 28.8 Å². The largest absolute Gasteiger partial charge is 0.504 e. The third kappa shape index (κ3) is 3.27. The quantitative estimate of drug-likeness (QED) is 0.439. The maximum atomic E-state index is 12.6. The lowest BCUT2D eigenvalue weighted by Gasteiger charge is -2.19. The summed E-state index contributed by atoms with van der Waals surface area (Å²) < 4.78 is 5.09. The SMILES string of the molecule is COc1cc(C(c2c(O)nc(C)[nH]c2=O)c2c(O)nc(C)[nH]c2=O)ccc1O. The number of rotatable bonds is 4. The van der Waals surface area contributed by atoms with Gasteiger partial charge in [-0.2, -0.15) is 0 Å². The van der Waals surface area contributed by atoms with E-state index in [1.165, 1.54) is 39.2 Å². The summed E-state index contributed by atoms with van der Waals surface area (Å²) in [6, 6.07) is 4.12. The van der Waals surface area contributed by atoms with Crippen LogP contribution in [-0.4, -0.2) is 42.4 Å². The van der Waals surface area contributed by atoms with Crippen molar-refractivity contribution in [2.75, 3.05) is 7.11 Å². The van der Waals surface area contributed by atoms with Crippen molar-refractivity contribution >= 4 is 0 Å². The number of benzene rings is 1. The predicted octanol–water partition coefficient (Wildman–Crippen LogP) is 0.776. The molecule has 2 aromatic heterocycles. The van der Waals surface area contributed by atoms with Gasteiger partial charge in [-0.1, -0.05) is 6.07 Å². The van der Waals surface area contributed by atoms with Gasteiger partial charge in [0.25, 0.3) is 11.1 Å². The van der Waals surface area contributed by atoms with Gasteiger partial charge in [-0.25, -0.2) is 9.97 Å². The molecule has 0 fully saturated rings. The highest BCUT2D eigenvalue weighted by Gasteiger charge is 2.31. The van der Waals surface area contributed by atoms with Crippen molar-refractivity contribution in [3.05, 3.63) is 67.2 Å². The number of nitrogens with one attached hydrogen (secondary N) is 2. The maximum absolute atomic E-state index is 12.6. The summed E-state index contributed by atoms with van der Waals surface area (Å²) in [4.78, 5) is 37.9. The van der Waals surface area contributed by atoms with Crippen LogP contribution in [0.25, 0.3) is 0 Å². The average molecular weight is 386 g/mol. The Bertz CT molecular complexity index is 1100. The Hall–Kier alpha value is -3.82. The maximum Gasteiger partial charge on any atom is 0.258 e. The number of phenols is 1. The zero-order chi connectivity index (χ0) is 20.6. The highest BCUT2D eigenvalue weighted by atomic mass is 16.5. The van der Waals surface area contributed by atoms with Crippen molar-refractivity contribution in [1.29, 1.82) is 0 Å². The molecule has 0 atom stereocenters. The van der Waals surface area contributed by atoms with Crippen molar-refractivity contribution in [2.24, 2.45) is 0 Å². The predicted molar refractivity (Wildman–Crippen MR) is 98.1 cm³/mol. The zero-order valence-electron chi connectivity index (χ0n) is 15.3. The van der Waals surface area contributed by atoms with E-state index in [0.717, 1.165) is 0 Å². The van der Waals surface area contributed by atoms with Crippen LogP contribution in [0.2, 0.25) is 0 Å². The van der Waals surface area contributed by atoms with Gasteiger partial charge in [0.05, 0.1) is 24.2 Å². The van der Waals surface area contributed by atoms with Gasteiger partial charge in [-0.05, 0) is 31.5 Å². The number of hydrogen-bond acceptors (Lipinski definition) is 8. The van der Waals surface area contributed by atoms with E-state index in [0.29, 0.717) is 0 Å². The first kappa shape index (κ1) is 19.0. The molecule has 0 aliphatic heterocycles. The molecule has 0 unspecified atom stereocenters. The molecule has 0 aliphatic carbocycles. The van der Waals surface area contributed by atoms with E-state index in [2.05, 4.69) is 19.9 Å². The molecule has 1 aromatic carbocycles. The van der Waals surface area contributed by atoms with Crippen LogP contribution in [0, 0.1) is 13.8 Å². The smallest absolute Gasteiger partial charge is 0.258 e. The summed E-state index contributed by atoms with van der Waals surface area (Å²) in [5, 5.41) is 30.6. The van der Waals surface area contributed by atoms with Crippen molar-refractivity contribution in [2.45, 2.75) is 19.8 Å². The summed E-state index contributed by atoms with van der Waals surface area (Å²) >= 11 is 0. The van der Waals surface area contributed by atoms with Crippen LogP contribution in [0.5, 0.6) is 23.3 Å². The molecule has 0 bridgehead atoms. The lowest BCUT2D eigenvalue weighted by Crippen LogP contribution is -2.26. The number of H-pyrrole nitrogens is 2. The summed E-state index contributed by atoms with van der Waals surface area (Å²) in [6.07, 6.45) is 0. The normalized spacial score (nSPS) is 11.0. The second-order valence-electron chi connectivity index (χ2n) is 6.14. The lowest BCUT2D eigenvalue weighted by molar-refractivity contribution is 0.372. The van der Waals surface area contributed by atoms with Crippen LogP contribution in [0.1, 0.15) is 34.3 Å². The molecule has 10 nitrogen and oxygen atoms in total. The highest BCUT2D eigenvalue weighted by Crippen LogP contribution is 2.38. The van der Waals surface area contributed by atoms with Crippen molar-refractivity contribution in [3.63, 3.8) is 0 Å². The fourth-order valence-electron chi connectivity index (χ4n) is 3.03. The number of aromatic nitrogens is 4. The molecule has 0 saturated carbocycles. The minimum atomic E-state index is -1.23. The molecule has 0 radical (unpaired) electrons. The number of nitrogens with zero attached hydrogens (tertiary/aromatic N) is 2. The number of methoxy groups -OCH3 is 1. The molecular formula is C18H18N4O6. The van der Waals surface area contributed by atoms with Crippen molar-refractivity contribution in [1.82, 2.24) is 19.9 Å². The molecule has 0 spiro atoms. The van der Waals surface area contributed by atoms with Gasteiger partial charge in [-0.15, -0.1) is 0 Å². The zero-order valence-corrected chi connectivity index (χ0v) is 15.3. The van der Waals surface area contributed by atoms with E-state index in [-0.39, 0.29) is 39.8 Å². The fourth-order valence-corrected chi connectivity index (χ4v) is 3.03. The number of aromatic amines is 2. The molecule has 3 rings (SSSR count). The number of aromatic hydroxyl groups is 3. The van der Waals surface area contributed by atoms with Crippen LogP contribution in [-0.2, 0) is 0 Å². The molecule has 5 N–H and O–H groups in total. The second kappa shape index (κ2) is 7.06. The number of ether oxygens (including phenoxy) is 1. The van der Waals surface area contributed by atoms with Gasteiger partial charge >= 0.3 is 0 Å².